The maximum atomic E-state index is 6.41. The molecule has 0 aliphatic heterocycles. The minimum absolute atomic E-state index is 0.917. The molecule has 0 atom stereocenters. The zero-order chi connectivity index (χ0) is 37.5. The maximum absolute atomic E-state index is 6.41. The Bertz CT molecular complexity index is 3460. The topological polar surface area (TPSA) is 16.4 Å². The van der Waals surface area contributed by atoms with E-state index in [2.05, 4.69) is 193 Å². The number of fused-ring (bicyclic) bond motifs is 10. The van der Waals surface area contributed by atoms with Crippen molar-refractivity contribution in [3.8, 4) is 22.3 Å². The normalized spacial score (nSPS) is 11.9. The summed E-state index contributed by atoms with van der Waals surface area (Å²) in [5.74, 6) is 0. The number of furan rings is 1. The number of para-hydroxylation sites is 2. The van der Waals surface area contributed by atoms with Crippen LogP contribution < -0.4 is 4.90 Å². The molecule has 0 saturated heterocycles. The van der Waals surface area contributed by atoms with Gasteiger partial charge < -0.3 is 9.32 Å². The molecule has 2 nitrogen and oxygen atoms in total. The van der Waals surface area contributed by atoms with Gasteiger partial charge in [-0.2, -0.15) is 0 Å². The van der Waals surface area contributed by atoms with E-state index in [0.29, 0.717) is 0 Å². The van der Waals surface area contributed by atoms with Gasteiger partial charge in [0.1, 0.15) is 11.2 Å². The van der Waals surface area contributed by atoms with Crippen LogP contribution >= 0.6 is 11.3 Å². The minimum atomic E-state index is 0.917. The lowest BCUT2D eigenvalue weighted by molar-refractivity contribution is 0.670. The summed E-state index contributed by atoms with van der Waals surface area (Å²) in [7, 11) is 0. The van der Waals surface area contributed by atoms with Gasteiger partial charge in [0.15, 0.2) is 0 Å². The van der Waals surface area contributed by atoms with Crippen molar-refractivity contribution in [1.82, 2.24) is 0 Å². The molecule has 0 aliphatic carbocycles. The van der Waals surface area contributed by atoms with Crippen LogP contribution in [0.5, 0.6) is 0 Å². The van der Waals surface area contributed by atoms with Gasteiger partial charge in [0.25, 0.3) is 0 Å². The van der Waals surface area contributed by atoms with Gasteiger partial charge >= 0.3 is 0 Å². The van der Waals surface area contributed by atoms with Gasteiger partial charge in [0.05, 0.1) is 0 Å². The average Bonchev–Trinajstić information content (AvgIpc) is 3.85. The molecule has 0 N–H and O–H groups in total. The first kappa shape index (κ1) is 32.1. The van der Waals surface area contributed by atoms with Crippen LogP contribution in [0.15, 0.2) is 205 Å². The fourth-order valence-electron chi connectivity index (χ4n) is 8.85. The molecule has 10 aromatic carbocycles. The van der Waals surface area contributed by atoms with Crippen molar-refractivity contribution in [1.29, 1.82) is 0 Å². The van der Waals surface area contributed by atoms with Gasteiger partial charge in [-0.15, -0.1) is 11.3 Å². The maximum Gasteiger partial charge on any atom is 0.143 e. The lowest BCUT2D eigenvalue weighted by atomic mass is 9.94. The molecule has 3 heteroatoms. The van der Waals surface area contributed by atoms with Crippen molar-refractivity contribution in [2.75, 3.05) is 4.90 Å². The van der Waals surface area contributed by atoms with Gasteiger partial charge in [-0.05, 0) is 98.2 Å². The molecule has 0 aliphatic rings. The largest absolute Gasteiger partial charge is 0.455 e. The molecule has 0 spiro atoms. The van der Waals surface area contributed by atoms with Gasteiger partial charge in [0.2, 0.25) is 0 Å². The average molecular weight is 744 g/mol. The summed E-state index contributed by atoms with van der Waals surface area (Å²) in [4.78, 5) is 2.41. The smallest absolute Gasteiger partial charge is 0.143 e. The lowest BCUT2D eigenvalue weighted by Gasteiger charge is -2.26. The number of nitrogens with zero attached hydrogens (tertiary/aromatic N) is 1. The Morgan fingerprint density at radius 2 is 0.912 bits per heavy atom. The number of benzene rings is 10. The molecule has 0 bridgehead atoms. The van der Waals surface area contributed by atoms with Gasteiger partial charge in [-0.1, -0.05) is 146 Å². The zero-order valence-electron chi connectivity index (χ0n) is 30.8. The molecular formula is C54H33NOS. The highest BCUT2D eigenvalue weighted by molar-refractivity contribution is 7.26. The number of thiophene rings is 1. The summed E-state index contributed by atoms with van der Waals surface area (Å²) >= 11 is 1.88. The first-order chi connectivity index (χ1) is 28.2. The molecular weight excluding hydrogens is 711 g/mol. The summed E-state index contributed by atoms with van der Waals surface area (Å²) in [6.07, 6.45) is 0. The summed E-state index contributed by atoms with van der Waals surface area (Å²) in [5.41, 5.74) is 9.92. The second kappa shape index (κ2) is 12.7. The Morgan fingerprint density at radius 3 is 1.63 bits per heavy atom. The van der Waals surface area contributed by atoms with Gasteiger partial charge in [-0.25, -0.2) is 0 Å². The monoisotopic (exact) mass is 743 g/mol. The highest BCUT2D eigenvalue weighted by atomic mass is 32.1. The summed E-state index contributed by atoms with van der Waals surface area (Å²) in [6, 6.07) is 72.8. The summed E-state index contributed by atoms with van der Waals surface area (Å²) in [6.45, 7) is 0. The van der Waals surface area contributed by atoms with E-state index in [-0.39, 0.29) is 0 Å². The number of anilines is 3. The Hall–Kier alpha value is -7.20. The highest BCUT2D eigenvalue weighted by Gasteiger charge is 2.19. The van der Waals surface area contributed by atoms with E-state index in [0.717, 1.165) is 50.1 Å². The van der Waals surface area contributed by atoms with Crippen molar-refractivity contribution in [2.24, 2.45) is 0 Å². The molecule has 12 rings (SSSR count). The minimum Gasteiger partial charge on any atom is -0.455 e. The van der Waals surface area contributed by atoms with E-state index in [1.807, 2.05) is 23.5 Å². The predicted octanol–water partition coefficient (Wildman–Crippen LogP) is 16.2. The van der Waals surface area contributed by atoms with Gasteiger partial charge in [-0.3, -0.25) is 0 Å². The van der Waals surface area contributed by atoms with E-state index in [1.54, 1.807) is 0 Å². The molecule has 0 amide bonds. The molecule has 2 aromatic heterocycles. The third-order valence-corrected chi connectivity index (χ3v) is 12.8. The van der Waals surface area contributed by atoms with Crippen molar-refractivity contribution in [3.63, 3.8) is 0 Å². The highest BCUT2D eigenvalue weighted by Crippen LogP contribution is 2.46. The summed E-state index contributed by atoms with van der Waals surface area (Å²) in [5, 5.41) is 12.3. The van der Waals surface area contributed by atoms with E-state index >= 15 is 0 Å². The van der Waals surface area contributed by atoms with E-state index < -0.39 is 0 Å². The second-order valence-corrected chi connectivity index (χ2v) is 15.9. The number of hydrogen-bond donors (Lipinski definition) is 0. The Balaban J connectivity index is 1.02. The molecule has 0 radical (unpaired) electrons. The van der Waals surface area contributed by atoms with Crippen molar-refractivity contribution >= 4 is 103 Å². The summed E-state index contributed by atoms with van der Waals surface area (Å²) < 4.78 is 9.01. The zero-order valence-corrected chi connectivity index (χ0v) is 31.6. The first-order valence-electron chi connectivity index (χ1n) is 19.4. The third-order valence-electron chi connectivity index (χ3n) is 11.6. The molecule has 0 fully saturated rings. The first-order valence-corrected chi connectivity index (χ1v) is 20.2. The van der Waals surface area contributed by atoms with E-state index in [1.165, 1.54) is 63.6 Å². The molecule has 266 valence electrons. The quantitative estimate of drug-likeness (QED) is 0.175. The Kier molecular flexibility index (Phi) is 7.13. The lowest BCUT2D eigenvalue weighted by Crippen LogP contribution is -2.09. The molecule has 12 aromatic rings. The standard InChI is InChI=1S/C54H33NOS/c1-3-12-38-30-40(26-24-34(38)10-1)55(41-27-25-35-11-2-4-13-39(35)31-41)42-28-29-52-49(32-42)50-33-48(44-14-5-6-16-47(44)54(50)57-52)37-22-20-36(21-23-37)43-17-9-18-46-45-15-7-8-19-51(45)56-53(43)46/h1-33H. The fourth-order valence-corrected chi connectivity index (χ4v) is 10.0. The van der Waals surface area contributed by atoms with Crippen LogP contribution in [0.1, 0.15) is 0 Å². The molecule has 57 heavy (non-hydrogen) atoms. The Labute approximate surface area is 333 Å². The van der Waals surface area contributed by atoms with Crippen LogP contribution in [-0.4, -0.2) is 0 Å². The van der Waals surface area contributed by atoms with E-state index in [4.69, 9.17) is 4.42 Å². The van der Waals surface area contributed by atoms with Crippen LogP contribution in [0.2, 0.25) is 0 Å². The van der Waals surface area contributed by atoms with Crippen LogP contribution in [0, 0.1) is 0 Å². The molecule has 2 heterocycles. The number of hydrogen-bond acceptors (Lipinski definition) is 3. The predicted molar refractivity (Wildman–Crippen MR) is 245 cm³/mol. The molecule has 0 unspecified atom stereocenters. The van der Waals surface area contributed by atoms with Crippen LogP contribution in [0.25, 0.3) is 96.7 Å². The molecule has 0 saturated carbocycles. The van der Waals surface area contributed by atoms with Crippen molar-refractivity contribution < 1.29 is 4.42 Å². The second-order valence-electron chi connectivity index (χ2n) is 14.9. The van der Waals surface area contributed by atoms with Crippen LogP contribution in [0.3, 0.4) is 0 Å². The van der Waals surface area contributed by atoms with Crippen molar-refractivity contribution in [2.45, 2.75) is 0 Å². The van der Waals surface area contributed by atoms with Crippen LogP contribution in [0.4, 0.5) is 17.1 Å². The third kappa shape index (κ3) is 5.17. The van der Waals surface area contributed by atoms with Gasteiger partial charge in [0, 0.05) is 59.0 Å². The number of rotatable bonds is 5. The fraction of sp³-hybridized carbons (Fsp3) is 0. The van der Waals surface area contributed by atoms with Crippen molar-refractivity contribution in [3.05, 3.63) is 200 Å². The Morgan fingerprint density at radius 1 is 0.351 bits per heavy atom. The SMILES string of the molecule is c1ccc2cc(N(c3ccc4ccccc4c3)c3ccc4sc5c6ccccc6c(-c6ccc(-c7cccc8c7oc7ccccc78)cc6)cc5c4c3)ccc2c1. The van der Waals surface area contributed by atoms with E-state index in [9.17, 15) is 0 Å². The van der Waals surface area contributed by atoms with Crippen LogP contribution in [-0.2, 0) is 0 Å².